The summed E-state index contributed by atoms with van der Waals surface area (Å²) in [6.45, 7) is 0. The predicted molar refractivity (Wildman–Crippen MR) is 87.9 cm³/mol. The van der Waals surface area contributed by atoms with E-state index >= 15 is 0 Å². The molecule has 0 bridgehead atoms. The lowest BCUT2D eigenvalue weighted by Gasteiger charge is -2.20. The maximum atomic E-state index is 3.63. The van der Waals surface area contributed by atoms with Crippen LogP contribution >= 0.6 is 27.7 Å². The molecule has 1 N–H and O–H groups in total. The molecule has 1 nitrogen and oxygen atoms in total. The first-order valence-electron chi connectivity index (χ1n) is 6.30. The highest BCUT2D eigenvalue weighted by Gasteiger charge is 2.14. The molecule has 2 aromatic rings. The van der Waals surface area contributed by atoms with Crippen LogP contribution in [0.15, 0.2) is 57.9 Å². The number of benzene rings is 2. The van der Waals surface area contributed by atoms with Gasteiger partial charge in [-0.2, -0.15) is 0 Å². The van der Waals surface area contributed by atoms with Gasteiger partial charge in [-0.1, -0.05) is 52.3 Å². The molecular formula is C16H18BrNS. The van der Waals surface area contributed by atoms with Crippen LogP contribution in [0.25, 0.3) is 0 Å². The lowest BCUT2D eigenvalue weighted by molar-refractivity contribution is 0.582. The molecule has 19 heavy (non-hydrogen) atoms. The minimum atomic E-state index is 0.336. The van der Waals surface area contributed by atoms with E-state index in [4.69, 9.17) is 0 Å². The lowest BCUT2D eigenvalue weighted by Crippen LogP contribution is -2.19. The third kappa shape index (κ3) is 3.62. The number of hydrogen-bond donors (Lipinski definition) is 1. The summed E-state index contributed by atoms with van der Waals surface area (Å²) in [7, 11) is 2.03. The Morgan fingerprint density at radius 2 is 1.79 bits per heavy atom. The molecule has 0 amide bonds. The molecule has 0 aromatic heterocycles. The van der Waals surface area contributed by atoms with Gasteiger partial charge >= 0.3 is 0 Å². The van der Waals surface area contributed by atoms with E-state index in [-0.39, 0.29) is 0 Å². The van der Waals surface area contributed by atoms with Crippen LogP contribution < -0.4 is 5.32 Å². The van der Waals surface area contributed by atoms with Gasteiger partial charge in [0.1, 0.15) is 0 Å². The first-order valence-corrected chi connectivity index (χ1v) is 8.31. The summed E-state index contributed by atoms with van der Waals surface area (Å²) in [4.78, 5) is 1.34. The Morgan fingerprint density at radius 1 is 1.11 bits per heavy atom. The van der Waals surface area contributed by atoms with Crippen LogP contribution in [0.3, 0.4) is 0 Å². The number of nitrogens with one attached hydrogen (secondary N) is 1. The molecule has 1 unspecified atom stereocenters. The van der Waals surface area contributed by atoms with Gasteiger partial charge < -0.3 is 5.32 Å². The molecule has 0 radical (unpaired) electrons. The Hall–Kier alpha value is -0.770. The largest absolute Gasteiger partial charge is 0.313 e. The fraction of sp³-hybridized carbons (Fsp3) is 0.250. The van der Waals surface area contributed by atoms with Gasteiger partial charge in [0.2, 0.25) is 0 Å². The summed E-state index contributed by atoms with van der Waals surface area (Å²) in [5, 5.41) is 3.43. The van der Waals surface area contributed by atoms with E-state index in [0.717, 1.165) is 6.42 Å². The van der Waals surface area contributed by atoms with Crippen LogP contribution in [-0.4, -0.2) is 13.3 Å². The fourth-order valence-corrected chi connectivity index (χ4v) is 3.31. The molecule has 0 aliphatic rings. The highest BCUT2D eigenvalue weighted by molar-refractivity contribution is 9.10. The average Bonchev–Trinajstić information content (AvgIpc) is 2.46. The van der Waals surface area contributed by atoms with E-state index in [0.29, 0.717) is 6.04 Å². The van der Waals surface area contributed by atoms with Crippen molar-refractivity contribution in [2.75, 3.05) is 13.3 Å². The second-order valence-electron chi connectivity index (χ2n) is 4.38. The Kier molecular flexibility index (Phi) is 5.49. The molecule has 0 saturated carbocycles. The second kappa shape index (κ2) is 7.13. The third-order valence-corrected chi connectivity index (χ3v) is 4.83. The maximum Gasteiger partial charge on any atom is 0.0369 e. The Bertz CT molecular complexity index is 542. The van der Waals surface area contributed by atoms with Crippen molar-refractivity contribution < 1.29 is 0 Å². The van der Waals surface area contributed by atoms with Crippen molar-refractivity contribution in [2.45, 2.75) is 17.4 Å². The van der Waals surface area contributed by atoms with Gasteiger partial charge in [-0.3, -0.25) is 0 Å². The third-order valence-electron chi connectivity index (χ3n) is 3.24. The number of halogens is 1. The summed E-state index contributed by atoms with van der Waals surface area (Å²) in [6.07, 6.45) is 3.11. The molecular weight excluding hydrogens is 318 g/mol. The van der Waals surface area contributed by atoms with Crippen LogP contribution in [0.4, 0.5) is 0 Å². The molecule has 0 aliphatic carbocycles. The summed E-state index contributed by atoms with van der Waals surface area (Å²) < 4.78 is 1.18. The van der Waals surface area contributed by atoms with Gasteiger partial charge in [0.05, 0.1) is 0 Å². The van der Waals surface area contributed by atoms with E-state index in [9.17, 15) is 0 Å². The topological polar surface area (TPSA) is 12.0 Å². The Morgan fingerprint density at radius 3 is 2.47 bits per heavy atom. The summed E-state index contributed by atoms with van der Waals surface area (Å²) >= 11 is 5.43. The van der Waals surface area contributed by atoms with Gasteiger partial charge in [0, 0.05) is 15.4 Å². The van der Waals surface area contributed by atoms with Crippen molar-refractivity contribution in [3.63, 3.8) is 0 Å². The minimum Gasteiger partial charge on any atom is -0.313 e. The first-order chi connectivity index (χ1) is 9.26. The van der Waals surface area contributed by atoms with E-state index in [1.54, 1.807) is 11.8 Å². The number of rotatable bonds is 5. The van der Waals surface area contributed by atoms with E-state index in [2.05, 4.69) is 76.0 Å². The van der Waals surface area contributed by atoms with E-state index in [1.165, 1.54) is 20.5 Å². The molecule has 2 rings (SSSR count). The predicted octanol–water partition coefficient (Wildman–Crippen LogP) is 4.67. The van der Waals surface area contributed by atoms with Crippen molar-refractivity contribution in [1.82, 2.24) is 5.32 Å². The zero-order chi connectivity index (χ0) is 13.7. The van der Waals surface area contributed by atoms with Crippen LogP contribution in [0.5, 0.6) is 0 Å². The molecule has 0 spiro atoms. The van der Waals surface area contributed by atoms with E-state index in [1.807, 2.05) is 7.05 Å². The van der Waals surface area contributed by atoms with Gasteiger partial charge in [0.25, 0.3) is 0 Å². The minimum absolute atomic E-state index is 0.336. The average molecular weight is 336 g/mol. The number of hydrogen-bond acceptors (Lipinski definition) is 2. The first kappa shape index (κ1) is 14.6. The normalized spacial score (nSPS) is 12.4. The van der Waals surface area contributed by atoms with Crippen LogP contribution in [-0.2, 0) is 6.42 Å². The van der Waals surface area contributed by atoms with E-state index < -0.39 is 0 Å². The monoisotopic (exact) mass is 335 g/mol. The molecule has 0 saturated heterocycles. The number of thioether (sulfide) groups is 1. The lowest BCUT2D eigenvalue weighted by atomic mass is 9.99. The van der Waals surface area contributed by atoms with Gasteiger partial charge in [0.15, 0.2) is 0 Å². The van der Waals surface area contributed by atoms with Gasteiger partial charge in [-0.25, -0.2) is 0 Å². The highest BCUT2D eigenvalue weighted by atomic mass is 79.9. The molecule has 2 aromatic carbocycles. The molecule has 1 atom stereocenters. The number of likely N-dealkylation sites (N-methyl/N-ethyl adjacent to an activating group) is 1. The van der Waals surface area contributed by atoms with Gasteiger partial charge in [-0.15, -0.1) is 11.8 Å². The standard InChI is InChI=1S/C16H18BrNS/c1-18-15(11-12-7-3-5-9-14(12)17)13-8-4-6-10-16(13)19-2/h3-10,15,18H,11H2,1-2H3. The van der Waals surface area contributed by atoms with Gasteiger partial charge in [-0.05, 0) is 43.0 Å². The quantitative estimate of drug-likeness (QED) is 0.796. The highest BCUT2D eigenvalue weighted by Crippen LogP contribution is 2.29. The molecule has 100 valence electrons. The van der Waals surface area contributed by atoms with Crippen molar-refractivity contribution in [3.8, 4) is 0 Å². The zero-order valence-corrected chi connectivity index (χ0v) is 13.6. The zero-order valence-electron chi connectivity index (χ0n) is 11.2. The van der Waals surface area contributed by atoms with Crippen LogP contribution in [0, 0.1) is 0 Å². The van der Waals surface area contributed by atoms with Crippen LogP contribution in [0.2, 0.25) is 0 Å². The Labute approximate surface area is 127 Å². The smallest absolute Gasteiger partial charge is 0.0369 e. The Balaban J connectivity index is 2.28. The van der Waals surface area contributed by atoms with Crippen molar-refractivity contribution in [1.29, 1.82) is 0 Å². The molecule has 0 aliphatic heterocycles. The summed E-state index contributed by atoms with van der Waals surface area (Å²) in [5.74, 6) is 0. The molecule has 0 fully saturated rings. The maximum absolute atomic E-state index is 3.63. The summed E-state index contributed by atoms with van der Waals surface area (Å²) in [6, 6.07) is 17.4. The second-order valence-corrected chi connectivity index (χ2v) is 6.08. The molecule has 0 heterocycles. The SMILES string of the molecule is CNC(Cc1ccccc1Br)c1ccccc1SC. The van der Waals surface area contributed by atoms with Crippen molar-refractivity contribution >= 4 is 27.7 Å². The fourth-order valence-electron chi connectivity index (χ4n) is 2.21. The summed E-state index contributed by atoms with van der Waals surface area (Å²) in [5.41, 5.74) is 2.70. The van der Waals surface area contributed by atoms with Crippen molar-refractivity contribution in [3.05, 3.63) is 64.1 Å². The van der Waals surface area contributed by atoms with Crippen LogP contribution in [0.1, 0.15) is 17.2 Å². The molecule has 3 heteroatoms. The van der Waals surface area contributed by atoms with Crippen molar-refractivity contribution in [2.24, 2.45) is 0 Å².